The molecular formula is C6H11NO3. The van der Waals surface area contributed by atoms with Gasteiger partial charge in [-0.25, -0.2) is 4.79 Å². The number of carbonyl (C=O) groups is 1. The van der Waals surface area contributed by atoms with Crippen LogP contribution in [-0.4, -0.2) is 32.5 Å². The number of carbonyl (C=O) groups excluding carboxylic acids is 1. The van der Waals surface area contributed by atoms with Crippen LogP contribution in [-0.2, 0) is 14.3 Å². The fourth-order valence-electron chi connectivity index (χ4n) is 0.824. The summed E-state index contributed by atoms with van der Waals surface area (Å²) in [6.45, 7) is 1.45. The Morgan fingerprint density at radius 1 is 1.80 bits per heavy atom. The van der Waals surface area contributed by atoms with Crippen molar-refractivity contribution in [3.8, 4) is 0 Å². The Balaban J connectivity index is 2.31. The van der Waals surface area contributed by atoms with Crippen molar-refractivity contribution >= 4 is 5.97 Å². The van der Waals surface area contributed by atoms with E-state index in [2.05, 4.69) is 10.1 Å². The largest absolute Gasteiger partial charge is 0.466 e. The number of hydrogen-bond donors (Lipinski definition) is 1. The number of methoxy groups -OCH3 is 1. The summed E-state index contributed by atoms with van der Waals surface area (Å²) in [6.07, 6.45) is 0.409. The van der Waals surface area contributed by atoms with Gasteiger partial charge in [-0.2, -0.15) is 0 Å². The highest BCUT2D eigenvalue weighted by Crippen LogP contribution is 1.98. The minimum absolute atomic E-state index is 0.347. The first-order valence-electron chi connectivity index (χ1n) is 3.27. The summed E-state index contributed by atoms with van der Waals surface area (Å²) < 4.78 is 9.51. The van der Waals surface area contributed by atoms with Crippen LogP contribution in [0.1, 0.15) is 6.42 Å². The van der Waals surface area contributed by atoms with Crippen molar-refractivity contribution in [3.05, 3.63) is 0 Å². The Labute approximate surface area is 59.5 Å². The molecule has 0 aromatic rings. The summed E-state index contributed by atoms with van der Waals surface area (Å²) in [5, 5.41) is 2.87. The first kappa shape index (κ1) is 7.50. The Bertz CT molecular complexity index is 120. The lowest BCUT2D eigenvalue weighted by molar-refractivity contribution is -0.158. The molecule has 0 aromatic heterocycles. The lowest BCUT2D eigenvalue weighted by Crippen LogP contribution is -2.44. The third kappa shape index (κ3) is 1.68. The van der Waals surface area contributed by atoms with E-state index in [-0.39, 0.29) is 5.97 Å². The van der Waals surface area contributed by atoms with Gasteiger partial charge in [0.2, 0.25) is 6.23 Å². The quantitative estimate of drug-likeness (QED) is 0.505. The molecule has 1 rings (SSSR count). The summed E-state index contributed by atoms with van der Waals surface area (Å²) >= 11 is 0. The lowest BCUT2D eigenvalue weighted by atomic mass is 10.4. The molecule has 4 nitrogen and oxygen atoms in total. The van der Waals surface area contributed by atoms with Gasteiger partial charge in [0.05, 0.1) is 13.7 Å². The number of rotatable bonds is 1. The van der Waals surface area contributed by atoms with Crippen molar-refractivity contribution < 1.29 is 14.3 Å². The van der Waals surface area contributed by atoms with Crippen LogP contribution in [0.4, 0.5) is 0 Å². The maximum absolute atomic E-state index is 10.8. The van der Waals surface area contributed by atoms with Gasteiger partial charge in [-0.05, 0) is 6.42 Å². The van der Waals surface area contributed by atoms with Crippen LogP contribution in [0.25, 0.3) is 0 Å². The molecule has 1 N–H and O–H groups in total. The molecule has 0 spiro atoms. The second-order valence-corrected chi connectivity index (χ2v) is 2.08. The van der Waals surface area contributed by atoms with Gasteiger partial charge in [-0.1, -0.05) is 0 Å². The molecular weight excluding hydrogens is 134 g/mol. The molecule has 0 unspecified atom stereocenters. The smallest absolute Gasteiger partial charge is 0.350 e. The molecule has 1 heterocycles. The van der Waals surface area contributed by atoms with Crippen LogP contribution < -0.4 is 5.32 Å². The van der Waals surface area contributed by atoms with Crippen molar-refractivity contribution in [1.82, 2.24) is 5.32 Å². The SMILES string of the molecule is COC(=O)[C@H]1NCCCO1. The van der Waals surface area contributed by atoms with E-state index in [1.165, 1.54) is 7.11 Å². The number of hydrogen-bond acceptors (Lipinski definition) is 4. The van der Waals surface area contributed by atoms with E-state index in [0.717, 1.165) is 13.0 Å². The minimum Gasteiger partial charge on any atom is -0.466 e. The van der Waals surface area contributed by atoms with E-state index in [1.54, 1.807) is 0 Å². The highest BCUT2D eigenvalue weighted by atomic mass is 16.6. The molecule has 0 amide bonds. The van der Waals surface area contributed by atoms with Crippen molar-refractivity contribution in [2.75, 3.05) is 20.3 Å². The second-order valence-electron chi connectivity index (χ2n) is 2.08. The highest BCUT2D eigenvalue weighted by molar-refractivity contribution is 5.74. The molecule has 0 saturated carbocycles. The van der Waals surface area contributed by atoms with Gasteiger partial charge in [0, 0.05) is 6.54 Å². The Morgan fingerprint density at radius 3 is 3.10 bits per heavy atom. The summed E-state index contributed by atoms with van der Waals surface area (Å²) in [7, 11) is 1.35. The van der Waals surface area contributed by atoms with Crippen molar-refractivity contribution in [2.45, 2.75) is 12.6 Å². The summed E-state index contributed by atoms with van der Waals surface area (Å²) in [5.41, 5.74) is 0. The average Bonchev–Trinajstić information content (AvgIpc) is 2.05. The van der Waals surface area contributed by atoms with Crippen molar-refractivity contribution in [3.63, 3.8) is 0 Å². The number of esters is 1. The van der Waals surface area contributed by atoms with Gasteiger partial charge in [-0.15, -0.1) is 0 Å². The normalized spacial score (nSPS) is 25.9. The molecule has 0 bridgehead atoms. The summed E-state index contributed by atoms with van der Waals surface area (Å²) in [6, 6.07) is 0. The third-order valence-corrected chi connectivity index (χ3v) is 1.35. The predicted octanol–water partition coefficient (Wildman–Crippen LogP) is -0.505. The summed E-state index contributed by atoms with van der Waals surface area (Å²) in [5.74, 6) is -0.347. The standard InChI is InChI=1S/C6H11NO3/c1-9-6(8)5-7-3-2-4-10-5/h5,7H,2-4H2,1H3/t5-/m0/s1. The fourth-order valence-corrected chi connectivity index (χ4v) is 0.824. The van der Waals surface area contributed by atoms with E-state index in [1.807, 2.05) is 0 Å². The molecule has 1 atom stereocenters. The summed E-state index contributed by atoms with van der Waals surface area (Å²) in [4.78, 5) is 10.8. The third-order valence-electron chi connectivity index (χ3n) is 1.35. The maximum atomic E-state index is 10.8. The van der Waals surface area contributed by atoms with Crippen LogP contribution >= 0.6 is 0 Å². The molecule has 0 aromatic carbocycles. The first-order chi connectivity index (χ1) is 4.84. The molecule has 1 saturated heterocycles. The minimum atomic E-state index is -0.543. The van der Waals surface area contributed by atoms with Gasteiger partial charge < -0.3 is 9.47 Å². The second kappa shape index (κ2) is 3.53. The van der Waals surface area contributed by atoms with Crippen molar-refractivity contribution in [2.24, 2.45) is 0 Å². The fraction of sp³-hybridized carbons (Fsp3) is 0.833. The molecule has 4 heteroatoms. The zero-order valence-corrected chi connectivity index (χ0v) is 5.92. The zero-order valence-electron chi connectivity index (χ0n) is 5.92. The van der Waals surface area contributed by atoms with Crippen LogP contribution in [0.15, 0.2) is 0 Å². The molecule has 1 aliphatic rings. The van der Waals surface area contributed by atoms with Gasteiger partial charge in [0.25, 0.3) is 0 Å². The number of nitrogens with one attached hydrogen (secondary N) is 1. The van der Waals surface area contributed by atoms with Crippen LogP contribution in [0.3, 0.4) is 0 Å². The van der Waals surface area contributed by atoms with Crippen LogP contribution in [0, 0.1) is 0 Å². The van der Waals surface area contributed by atoms with E-state index in [4.69, 9.17) is 4.74 Å². The molecule has 1 fully saturated rings. The maximum Gasteiger partial charge on any atom is 0.350 e. The van der Waals surface area contributed by atoms with Gasteiger partial charge in [0.15, 0.2) is 0 Å². The monoisotopic (exact) mass is 145 g/mol. The molecule has 0 radical (unpaired) electrons. The predicted molar refractivity (Wildman–Crippen MR) is 34.4 cm³/mol. The topological polar surface area (TPSA) is 47.6 Å². The Hall–Kier alpha value is -0.610. The van der Waals surface area contributed by atoms with Gasteiger partial charge >= 0.3 is 5.97 Å². The molecule has 10 heavy (non-hydrogen) atoms. The van der Waals surface area contributed by atoms with E-state index in [9.17, 15) is 4.79 Å². The van der Waals surface area contributed by atoms with Crippen LogP contribution in [0.2, 0.25) is 0 Å². The van der Waals surface area contributed by atoms with E-state index < -0.39 is 6.23 Å². The molecule has 1 aliphatic heterocycles. The van der Waals surface area contributed by atoms with Gasteiger partial charge in [0.1, 0.15) is 0 Å². The first-order valence-corrected chi connectivity index (χ1v) is 3.27. The van der Waals surface area contributed by atoms with E-state index >= 15 is 0 Å². The van der Waals surface area contributed by atoms with E-state index in [0.29, 0.717) is 6.61 Å². The average molecular weight is 145 g/mol. The lowest BCUT2D eigenvalue weighted by Gasteiger charge is -2.21. The molecule has 0 aliphatic carbocycles. The zero-order chi connectivity index (χ0) is 7.40. The Kier molecular flexibility index (Phi) is 2.65. The van der Waals surface area contributed by atoms with Crippen LogP contribution in [0.5, 0.6) is 0 Å². The Morgan fingerprint density at radius 2 is 2.60 bits per heavy atom. The van der Waals surface area contributed by atoms with Gasteiger partial charge in [-0.3, -0.25) is 5.32 Å². The highest BCUT2D eigenvalue weighted by Gasteiger charge is 2.21. The number of ether oxygens (including phenoxy) is 2. The molecule has 58 valence electrons. The van der Waals surface area contributed by atoms with Crippen molar-refractivity contribution in [1.29, 1.82) is 0 Å².